The normalized spacial score (nSPS) is 18.9. The maximum atomic E-state index is 4.06. The summed E-state index contributed by atoms with van der Waals surface area (Å²) in [6.07, 6.45) is 4.56. The maximum Gasteiger partial charge on any atom is 0.0653 e. The summed E-state index contributed by atoms with van der Waals surface area (Å²) in [5.41, 5.74) is 2.53. The quantitative estimate of drug-likeness (QED) is 0.858. The number of nitrogens with one attached hydrogen (secondary N) is 1. The molecule has 1 aliphatic rings. The molecule has 1 aromatic heterocycles. The van der Waals surface area contributed by atoms with E-state index < -0.39 is 0 Å². The van der Waals surface area contributed by atoms with Gasteiger partial charge in [0.15, 0.2) is 0 Å². The zero-order valence-electron chi connectivity index (χ0n) is 10.3. The molecule has 0 unspecified atom stereocenters. The Hall–Kier alpha value is -1.35. The van der Waals surface area contributed by atoms with Crippen molar-refractivity contribution in [2.24, 2.45) is 5.92 Å². The number of nitrogens with zero attached hydrogens (tertiary/aromatic N) is 2. The van der Waals surface area contributed by atoms with E-state index in [0.717, 1.165) is 18.0 Å². The Labute approximate surface area is 102 Å². The van der Waals surface area contributed by atoms with Gasteiger partial charge in [-0.3, -0.25) is 10.00 Å². The van der Waals surface area contributed by atoms with Crippen LogP contribution in [0.25, 0.3) is 10.9 Å². The van der Waals surface area contributed by atoms with E-state index in [1.807, 2.05) is 6.20 Å². The standard InChI is InChI=1S/C14H19N3/c1-11-4-6-17(7-5-11)10-12-2-3-13-9-15-16-14(13)8-12/h2-3,8-9,11H,4-7,10H2,1H3,(H,15,16). The topological polar surface area (TPSA) is 31.9 Å². The van der Waals surface area contributed by atoms with E-state index in [9.17, 15) is 0 Å². The first-order valence-electron chi connectivity index (χ1n) is 6.45. The lowest BCUT2D eigenvalue weighted by atomic mass is 9.99. The number of hydrogen-bond donors (Lipinski definition) is 1. The molecule has 17 heavy (non-hydrogen) atoms. The molecule has 1 fully saturated rings. The van der Waals surface area contributed by atoms with Gasteiger partial charge in [0.25, 0.3) is 0 Å². The molecule has 0 saturated carbocycles. The van der Waals surface area contributed by atoms with Crippen LogP contribution in [0.2, 0.25) is 0 Å². The molecule has 0 amide bonds. The highest BCUT2D eigenvalue weighted by molar-refractivity contribution is 5.78. The lowest BCUT2D eigenvalue weighted by molar-refractivity contribution is 0.185. The van der Waals surface area contributed by atoms with Crippen molar-refractivity contribution in [2.75, 3.05) is 13.1 Å². The fraction of sp³-hybridized carbons (Fsp3) is 0.500. The van der Waals surface area contributed by atoms with Gasteiger partial charge in [-0.15, -0.1) is 0 Å². The average Bonchev–Trinajstić information content (AvgIpc) is 2.79. The molecule has 0 atom stereocenters. The summed E-state index contributed by atoms with van der Waals surface area (Å²) in [7, 11) is 0. The van der Waals surface area contributed by atoms with Gasteiger partial charge in [-0.1, -0.05) is 19.1 Å². The highest BCUT2D eigenvalue weighted by Gasteiger charge is 2.15. The highest BCUT2D eigenvalue weighted by atomic mass is 15.1. The summed E-state index contributed by atoms with van der Waals surface area (Å²) in [5.74, 6) is 0.904. The zero-order valence-corrected chi connectivity index (χ0v) is 10.3. The summed E-state index contributed by atoms with van der Waals surface area (Å²) >= 11 is 0. The predicted octanol–water partition coefficient (Wildman–Crippen LogP) is 2.79. The van der Waals surface area contributed by atoms with Crippen molar-refractivity contribution in [1.29, 1.82) is 0 Å². The molecule has 0 bridgehead atoms. The minimum absolute atomic E-state index is 0.904. The third-order valence-electron chi connectivity index (χ3n) is 3.79. The molecular formula is C14H19N3. The summed E-state index contributed by atoms with van der Waals surface area (Å²) in [5, 5.41) is 8.29. The molecule has 1 aliphatic heterocycles. The first-order valence-corrected chi connectivity index (χ1v) is 6.45. The average molecular weight is 229 g/mol. The van der Waals surface area contributed by atoms with E-state index in [1.165, 1.54) is 36.9 Å². The molecule has 0 aliphatic carbocycles. The van der Waals surface area contributed by atoms with Gasteiger partial charge in [-0.25, -0.2) is 0 Å². The summed E-state index contributed by atoms with van der Waals surface area (Å²) in [6.45, 7) is 5.90. The van der Waals surface area contributed by atoms with Crippen molar-refractivity contribution < 1.29 is 0 Å². The van der Waals surface area contributed by atoms with Gasteiger partial charge >= 0.3 is 0 Å². The molecule has 2 aromatic rings. The van der Waals surface area contributed by atoms with Crippen LogP contribution in [0.3, 0.4) is 0 Å². The molecule has 0 spiro atoms. The first-order chi connectivity index (χ1) is 8.31. The smallest absolute Gasteiger partial charge is 0.0653 e. The number of aromatic nitrogens is 2. The maximum absolute atomic E-state index is 4.06. The Kier molecular flexibility index (Phi) is 2.85. The van der Waals surface area contributed by atoms with Gasteiger partial charge in [0.2, 0.25) is 0 Å². The van der Waals surface area contributed by atoms with Crippen molar-refractivity contribution in [3.8, 4) is 0 Å². The second-order valence-electron chi connectivity index (χ2n) is 5.25. The van der Waals surface area contributed by atoms with Gasteiger partial charge in [0, 0.05) is 11.9 Å². The number of piperidine rings is 1. The minimum atomic E-state index is 0.904. The lowest BCUT2D eigenvalue weighted by Gasteiger charge is -2.30. The van der Waals surface area contributed by atoms with E-state index in [4.69, 9.17) is 0 Å². The van der Waals surface area contributed by atoms with E-state index in [1.54, 1.807) is 0 Å². The molecule has 1 aromatic carbocycles. The Morgan fingerprint density at radius 3 is 3.00 bits per heavy atom. The fourth-order valence-corrected chi connectivity index (χ4v) is 2.56. The molecule has 1 N–H and O–H groups in total. The monoisotopic (exact) mass is 229 g/mol. The van der Waals surface area contributed by atoms with Crippen LogP contribution < -0.4 is 0 Å². The van der Waals surface area contributed by atoms with Gasteiger partial charge in [0.1, 0.15) is 0 Å². The van der Waals surface area contributed by atoms with Gasteiger partial charge in [0.05, 0.1) is 11.7 Å². The number of hydrogen-bond acceptors (Lipinski definition) is 2. The van der Waals surface area contributed by atoms with Crippen LogP contribution >= 0.6 is 0 Å². The van der Waals surface area contributed by atoms with Crippen LogP contribution in [-0.2, 0) is 6.54 Å². The molecule has 3 nitrogen and oxygen atoms in total. The van der Waals surface area contributed by atoms with E-state index in [-0.39, 0.29) is 0 Å². The second-order valence-corrected chi connectivity index (χ2v) is 5.25. The molecule has 0 radical (unpaired) electrons. The molecule has 90 valence electrons. The number of aromatic amines is 1. The van der Waals surface area contributed by atoms with Crippen molar-refractivity contribution >= 4 is 10.9 Å². The molecule has 1 saturated heterocycles. The fourth-order valence-electron chi connectivity index (χ4n) is 2.56. The van der Waals surface area contributed by atoms with Crippen molar-refractivity contribution in [2.45, 2.75) is 26.3 Å². The Bertz CT molecular complexity index is 495. The number of H-pyrrole nitrogens is 1. The van der Waals surface area contributed by atoms with E-state index in [2.05, 4.69) is 40.2 Å². The van der Waals surface area contributed by atoms with E-state index in [0.29, 0.717) is 0 Å². The van der Waals surface area contributed by atoms with Crippen LogP contribution in [0.5, 0.6) is 0 Å². The predicted molar refractivity (Wildman–Crippen MR) is 69.8 cm³/mol. The van der Waals surface area contributed by atoms with Crippen molar-refractivity contribution in [3.05, 3.63) is 30.0 Å². The van der Waals surface area contributed by atoms with Gasteiger partial charge < -0.3 is 0 Å². The molecule has 2 heterocycles. The van der Waals surface area contributed by atoms with Crippen LogP contribution in [0.1, 0.15) is 25.3 Å². The van der Waals surface area contributed by atoms with E-state index >= 15 is 0 Å². The molecule has 3 rings (SSSR count). The minimum Gasteiger partial charge on any atom is -0.299 e. The molecular weight excluding hydrogens is 210 g/mol. The molecule has 3 heteroatoms. The number of rotatable bonds is 2. The summed E-state index contributed by atoms with van der Waals surface area (Å²) < 4.78 is 0. The summed E-state index contributed by atoms with van der Waals surface area (Å²) in [4.78, 5) is 2.55. The first kappa shape index (κ1) is 10.8. The third-order valence-corrected chi connectivity index (χ3v) is 3.79. The SMILES string of the molecule is CC1CCN(Cc2ccc3cn[nH]c3c2)CC1. The Morgan fingerprint density at radius 2 is 2.18 bits per heavy atom. The van der Waals surface area contributed by atoms with Gasteiger partial charge in [-0.2, -0.15) is 5.10 Å². The number of fused-ring (bicyclic) bond motifs is 1. The van der Waals surface area contributed by atoms with Crippen molar-refractivity contribution in [3.63, 3.8) is 0 Å². The van der Waals surface area contributed by atoms with Gasteiger partial charge in [-0.05, 0) is 43.5 Å². The third kappa shape index (κ3) is 2.34. The summed E-state index contributed by atoms with van der Waals surface area (Å²) in [6, 6.07) is 6.59. The van der Waals surface area contributed by atoms with Crippen LogP contribution in [0.15, 0.2) is 24.4 Å². The van der Waals surface area contributed by atoms with Crippen LogP contribution in [0, 0.1) is 5.92 Å². The van der Waals surface area contributed by atoms with Crippen LogP contribution in [-0.4, -0.2) is 28.2 Å². The number of benzene rings is 1. The Morgan fingerprint density at radius 1 is 1.35 bits per heavy atom. The Balaban J connectivity index is 1.71. The number of likely N-dealkylation sites (tertiary alicyclic amines) is 1. The lowest BCUT2D eigenvalue weighted by Crippen LogP contribution is -2.32. The van der Waals surface area contributed by atoms with Crippen LogP contribution in [0.4, 0.5) is 0 Å². The highest BCUT2D eigenvalue weighted by Crippen LogP contribution is 2.19. The second kappa shape index (κ2) is 4.49. The van der Waals surface area contributed by atoms with Crippen molar-refractivity contribution in [1.82, 2.24) is 15.1 Å². The zero-order chi connectivity index (χ0) is 11.7. The largest absolute Gasteiger partial charge is 0.299 e.